The Kier molecular flexibility index (Phi) is 4.46. The second kappa shape index (κ2) is 6.68. The molecule has 2 heterocycles. The molecule has 1 saturated carbocycles. The van der Waals surface area contributed by atoms with Crippen molar-refractivity contribution in [2.24, 2.45) is 5.92 Å². The lowest BCUT2D eigenvalue weighted by Crippen LogP contribution is -2.55. The van der Waals surface area contributed by atoms with Crippen molar-refractivity contribution in [3.8, 4) is 5.75 Å². The Hall–Kier alpha value is -2.34. The molecule has 0 radical (unpaired) electrons. The zero-order chi connectivity index (χ0) is 19.2. The number of nitrogens with zero attached hydrogens (tertiary/aromatic N) is 1. The van der Waals surface area contributed by atoms with E-state index in [9.17, 15) is 19.8 Å². The normalized spacial score (nSPS) is 25.4. The number of hydrogen-bond donors (Lipinski definition) is 2. The van der Waals surface area contributed by atoms with Gasteiger partial charge < -0.3 is 19.5 Å². The Morgan fingerprint density at radius 1 is 1.33 bits per heavy atom. The van der Waals surface area contributed by atoms with Crippen molar-refractivity contribution in [2.45, 2.75) is 51.0 Å². The third-order valence-electron chi connectivity index (χ3n) is 6.38. The molecular weight excluding hydrogens is 346 g/mol. The van der Waals surface area contributed by atoms with Crippen LogP contribution in [0.5, 0.6) is 5.75 Å². The van der Waals surface area contributed by atoms with Crippen LogP contribution in [0.1, 0.15) is 43.2 Å². The summed E-state index contributed by atoms with van der Waals surface area (Å²) in [5.74, 6) is 0.0550. The highest BCUT2D eigenvalue weighted by Gasteiger charge is 2.43. The molecule has 2 atom stereocenters. The predicted octanol–water partition coefficient (Wildman–Crippen LogP) is 2.50. The number of aliphatic hydroxyl groups is 1. The maximum atomic E-state index is 12.9. The second-order valence-electron chi connectivity index (χ2n) is 7.99. The van der Waals surface area contributed by atoms with Crippen LogP contribution in [0.15, 0.2) is 27.4 Å². The highest BCUT2D eigenvalue weighted by molar-refractivity contribution is 5.85. The average Bonchev–Trinajstić information content (AvgIpc) is 2.63. The van der Waals surface area contributed by atoms with E-state index in [0.717, 1.165) is 31.1 Å². The van der Waals surface area contributed by atoms with Crippen molar-refractivity contribution in [1.82, 2.24) is 4.90 Å². The number of fused-ring (bicyclic) bond motifs is 2. The third kappa shape index (κ3) is 3.23. The maximum Gasteiger partial charge on any atom is 0.340 e. The van der Waals surface area contributed by atoms with Crippen molar-refractivity contribution in [3.05, 3.63) is 39.7 Å². The first-order valence-corrected chi connectivity index (χ1v) is 9.63. The Morgan fingerprint density at radius 2 is 2.15 bits per heavy atom. The number of aryl methyl sites for hydroxylation is 1. The number of carbonyl (C=O) groups excluding carboxylic acids is 1. The van der Waals surface area contributed by atoms with Crippen molar-refractivity contribution in [3.63, 3.8) is 0 Å². The molecule has 0 bridgehead atoms. The zero-order valence-electron chi connectivity index (χ0n) is 15.5. The molecule has 1 aromatic carbocycles. The Morgan fingerprint density at radius 3 is 2.96 bits per heavy atom. The first kappa shape index (κ1) is 18.0. The summed E-state index contributed by atoms with van der Waals surface area (Å²) < 4.78 is 5.32. The summed E-state index contributed by atoms with van der Waals surface area (Å²) in [4.78, 5) is 27.1. The molecule has 1 saturated heterocycles. The van der Waals surface area contributed by atoms with Crippen LogP contribution >= 0.6 is 0 Å². The lowest BCUT2D eigenvalue weighted by atomic mass is 9.71. The summed E-state index contributed by atoms with van der Waals surface area (Å²) in [6.07, 6.45) is 4.51. The fraction of sp³-hybridized carbons (Fsp3) is 0.524. The summed E-state index contributed by atoms with van der Waals surface area (Å²) in [7, 11) is 0. The van der Waals surface area contributed by atoms with E-state index >= 15 is 0 Å². The molecule has 1 aromatic heterocycles. The minimum Gasteiger partial charge on any atom is -0.508 e. The molecule has 2 fully saturated rings. The van der Waals surface area contributed by atoms with E-state index in [4.69, 9.17) is 4.42 Å². The van der Waals surface area contributed by atoms with Gasteiger partial charge in [0.25, 0.3) is 0 Å². The molecule has 0 spiro atoms. The van der Waals surface area contributed by atoms with Gasteiger partial charge in [-0.25, -0.2) is 4.79 Å². The van der Waals surface area contributed by atoms with Gasteiger partial charge in [-0.3, -0.25) is 4.79 Å². The summed E-state index contributed by atoms with van der Waals surface area (Å²) in [6, 6.07) is 4.64. The number of aromatic hydroxyl groups is 1. The minimum absolute atomic E-state index is 0.00384. The molecule has 6 nitrogen and oxygen atoms in total. The number of phenols is 1. The Bertz CT molecular complexity index is 949. The van der Waals surface area contributed by atoms with E-state index in [-0.39, 0.29) is 24.0 Å². The topological polar surface area (TPSA) is 91.0 Å². The molecule has 2 aliphatic rings. The van der Waals surface area contributed by atoms with Gasteiger partial charge in [0.15, 0.2) is 0 Å². The molecule has 27 heavy (non-hydrogen) atoms. The SMILES string of the molecule is Cc1c(CC(=O)N2CC[C@@]3(O)CCCC[C@H]3C2)c(=O)oc2cc(O)ccc12. The van der Waals surface area contributed by atoms with Gasteiger partial charge in [-0.2, -0.15) is 0 Å². The number of rotatable bonds is 2. The van der Waals surface area contributed by atoms with Crippen LogP contribution in [0, 0.1) is 12.8 Å². The number of phenolic OH excluding ortho intramolecular Hbond substituents is 1. The molecule has 144 valence electrons. The van der Waals surface area contributed by atoms with Gasteiger partial charge in [-0.1, -0.05) is 12.8 Å². The number of hydrogen-bond acceptors (Lipinski definition) is 5. The van der Waals surface area contributed by atoms with E-state index in [1.807, 2.05) is 0 Å². The number of likely N-dealkylation sites (tertiary alicyclic amines) is 1. The molecule has 2 aromatic rings. The summed E-state index contributed by atoms with van der Waals surface area (Å²) in [5.41, 5.74) is 0.224. The predicted molar refractivity (Wildman–Crippen MR) is 101 cm³/mol. The third-order valence-corrected chi connectivity index (χ3v) is 6.38. The van der Waals surface area contributed by atoms with E-state index < -0.39 is 11.2 Å². The van der Waals surface area contributed by atoms with Crippen LogP contribution in [-0.4, -0.2) is 39.7 Å². The van der Waals surface area contributed by atoms with E-state index in [0.29, 0.717) is 36.2 Å². The van der Waals surface area contributed by atoms with Crippen molar-refractivity contribution < 1.29 is 19.4 Å². The largest absolute Gasteiger partial charge is 0.508 e. The van der Waals surface area contributed by atoms with Crippen LogP contribution in [0.3, 0.4) is 0 Å². The minimum atomic E-state index is -0.630. The van der Waals surface area contributed by atoms with Crippen molar-refractivity contribution in [1.29, 1.82) is 0 Å². The molecule has 2 N–H and O–H groups in total. The van der Waals surface area contributed by atoms with Gasteiger partial charge in [0.05, 0.1) is 17.6 Å². The quantitative estimate of drug-likeness (QED) is 0.792. The van der Waals surface area contributed by atoms with Gasteiger partial charge in [-0.15, -0.1) is 0 Å². The number of amides is 1. The average molecular weight is 371 g/mol. The van der Waals surface area contributed by atoms with Crippen molar-refractivity contribution >= 4 is 16.9 Å². The number of piperidine rings is 1. The molecule has 0 unspecified atom stereocenters. The Labute approximate surface area is 157 Å². The lowest BCUT2D eigenvalue weighted by molar-refractivity contribution is -0.142. The van der Waals surface area contributed by atoms with Gasteiger partial charge in [0.2, 0.25) is 5.91 Å². The smallest absolute Gasteiger partial charge is 0.340 e. The lowest BCUT2D eigenvalue weighted by Gasteiger charge is -2.47. The second-order valence-corrected chi connectivity index (χ2v) is 7.99. The molecule has 1 amide bonds. The molecule has 6 heteroatoms. The molecular formula is C21H25NO5. The van der Waals surface area contributed by atoms with Crippen LogP contribution in [0.25, 0.3) is 11.0 Å². The highest BCUT2D eigenvalue weighted by atomic mass is 16.4. The first-order chi connectivity index (χ1) is 12.9. The maximum absolute atomic E-state index is 12.9. The fourth-order valence-electron chi connectivity index (χ4n) is 4.65. The van der Waals surface area contributed by atoms with Crippen LogP contribution in [0.4, 0.5) is 0 Å². The number of carbonyl (C=O) groups is 1. The van der Waals surface area contributed by atoms with Crippen LogP contribution in [-0.2, 0) is 11.2 Å². The molecule has 1 aliphatic heterocycles. The van der Waals surface area contributed by atoms with Crippen molar-refractivity contribution in [2.75, 3.05) is 13.1 Å². The number of benzene rings is 1. The van der Waals surface area contributed by atoms with Crippen LogP contribution < -0.4 is 5.63 Å². The summed E-state index contributed by atoms with van der Waals surface area (Å²) in [5, 5.41) is 21.1. The summed E-state index contributed by atoms with van der Waals surface area (Å²) >= 11 is 0. The van der Waals surface area contributed by atoms with Gasteiger partial charge in [0.1, 0.15) is 11.3 Å². The highest BCUT2D eigenvalue weighted by Crippen LogP contribution is 2.39. The van der Waals surface area contributed by atoms with Crippen LogP contribution in [0.2, 0.25) is 0 Å². The van der Waals surface area contributed by atoms with Gasteiger partial charge in [0, 0.05) is 30.5 Å². The zero-order valence-corrected chi connectivity index (χ0v) is 15.5. The van der Waals surface area contributed by atoms with Gasteiger partial charge >= 0.3 is 5.63 Å². The molecule has 4 rings (SSSR count). The van der Waals surface area contributed by atoms with E-state index in [1.165, 1.54) is 12.1 Å². The van der Waals surface area contributed by atoms with E-state index in [1.54, 1.807) is 17.9 Å². The fourth-order valence-corrected chi connectivity index (χ4v) is 4.65. The Balaban J connectivity index is 1.56. The van der Waals surface area contributed by atoms with Gasteiger partial charge in [-0.05, 0) is 43.9 Å². The first-order valence-electron chi connectivity index (χ1n) is 9.63. The van der Waals surface area contributed by atoms with E-state index in [2.05, 4.69) is 0 Å². The standard InChI is InChI=1S/C21H25NO5/c1-13-16-6-5-15(23)10-18(16)27-20(25)17(13)11-19(24)22-9-8-21(26)7-3-2-4-14(21)12-22/h5-6,10,14,23,26H,2-4,7-9,11-12H2,1H3/t14-,21-/m0/s1. The monoisotopic (exact) mass is 371 g/mol. The summed E-state index contributed by atoms with van der Waals surface area (Å²) in [6.45, 7) is 2.88. The molecule has 1 aliphatic carbocycles.